The highest BCUT2D eigenvalue weighted by Crippen LogP contribution is 2.37. The van der Waals surface area contributed by atoms with Crippen molar-refractivity contribution in [2.24, 2.45) is 5.73 Å². The second-order valence-corrected chi connectivity index (χ2v) is 11.7. The average molecular weight is 499 g/mol. The van der Waals surface area contributed by atoms with Gasteiger partial charge in [-0.3, -0.25) is 9.59 Å². The second-order valence-electron chi connectivity index (χ2n) is 11.7. The first kappa shape index (κ1) is 25.7. The predicted octanol–water partition coefficient (Wildman–Crippen LogP) is 3.84. The van der Waals surface area contributed by atoms with E-state index in [2.05, 4.69) is 36.2 Å². The van der Waals surface area contributed by atoms with Crippen LogP contribution in [0, 0.1) is 0 Å². The fourth-order valence-electron chi connectivity index (χ4n) is 7.06. The van der Waals surface area contributed by atoms with E-state index in [1.54, 1.807) is 0 Å². The van der Waals surface area contributed by atoms with Crippen molar-refractivity contribution in [1.29, 1.82) is 0 Å². The molecule has 1 aromatic rings. The van der Waals surface area contributed by atoms with E-state index in [0.29, 0.717) is 31.6 Å². The Hall–Kier alpha value is -1.99. The number of likely N-dealkylation sites (tertiary alicyclic amines) is 1. The van der Waals surface area contributed by atoms with Gasteiger partial charge < -0.3 is 20.4 Å². The van der Waals surface area contributed by atoms with Crippen LogP contribution in [0.1, 0.15) is 82.1 Å². The molecular weight excluding hydrogens is 455 g/mol. The number of benzene rings is 1. The van der Waals surface area contributed by atoms with Gasteiger partial charge in [0.05, 0.1) is 6.04 Å². The van der Waals surface area contributed by atoms with Crippen LogP contribution in [0.15, 0.2) is 30.3 Å². The Morgan fingerprint density at radius 1 is 0.972 bits per heavy atom. The van der Waals surface area contributed by atoms with E-state index >= 15 is 0 Å². The first-order valence-electron chi connectivity index (χ1n) is 14.2. The number of hydrogen-bond acceptors (Lipinski definition) is 4. The van der Waals surface area contributed by atoms with Crippen molar-refractivity contribution in [2.75, 3.05) is 20.1 Å². The van der Waals surface area contributed by atoms with Crippen LogP contribution >= 0.6 is 0 Å². The van der Waals surface area contributed by atoms with Crippen molar-refractivity contribution in [3.63, 3.8) is 0 Å². The number of amides is 2. The quantitative estimate of drug-likeness (QED) is 0.685. The third-order valence-electron chi connectivity index (χ3n) is 9.43. The summed E-state index contributed by atoms with van der Waals surface area (Å²) in [4.78, 5) is 33.7. The zero-order chi connectivity index (χ0) is 25.2. The number of carbonyl (C=O) groups excluding carboxylic acids is 2. The number of halogens is 1. The van der Waals surface area contributed by atoms with Crippen LogP contribution in [0.4, 0.5) is 4.39 Å². The van der Waals surface area contributed by atoms with Gasteiger partial charge in [-0.1, -0.05) is 43.2 Å². The Kier molecular flexibility index (Phi) is 7.96. The third-order valence-corrected chi connectivity index (χ3v) is 9.43. The number of alkyl halides is 1. The van der Waals surface area contributed by atoms with E-state index in [0.717, 1.165) is 51.6 Å². The lowest BCUT2D eigenvalue weighted by Crippen LogP contribution is -2.58. The van der Waals surface area contributed by atoms with Crippen molar-refractivity contribution < 1.29 is 14.0 Å². The van der Waals surface area contributed by atoms with Gasteiger partial charge in [0.1, 0.15) is 12.2 Å². The molecule has 5 rings (SSSR count). The van der Waals surface area contributed by atoms with Crippen molar-refractivity contribution in [3.8, 4) is 0 Å². The number of hydrogen-bond donors (Lipinski definition) is 1. The molecule has 2 amide bonds. The van der Waals surface area contributed by atoms with Gasteiger partial charge in [-0.25, -0.2) is 4.39 Å². The summed E-state index contributed by atoms with van der Waals surface area (Å²) < 4.78 is 13.5. The molecule has 3 saturated heterocycles. The van der Waals surface area contributed by atoms with Crippen LogP contribution in [0.3, 0.4) is 0 Å². The predicted molar refractivity (Wildman–Crippen MR) is 139 cm³/mol. The summed E-state index contributed by atoms with van der Waals surface area (Å²) in [7, 11) is 2.10. The van der Waals surface area contributed by atoms with Crippen LogP contribution in [-0.2, 0) is 9.59 Å². The molecule has 0 unspecified atom stereocenters. The summed E-state index contributed by atoms with van der Waals surface area (Å²) in [5.74, 6) is 0.375. The maximum Gasteiger partial charge on any atom is 0.245 e. The fourth-order valence-corrected chi connectivity index (χ4v) is 7.06. The maximum atomic E-state index is 14.0. The van der Waals surface area contributed by atoms with Crippen molar-refractivity contribution >= 4 is 11.8 Å². The summed E-state index contributed by atoms with van der Waals surface area (Å²) in [5.41, 5.74) is 7.70. The fraction of sp³-hybridized carbons (Fsp3) is 0.724. The number of nitrogens with two attached hydrogens (primary N) is 1. The van der Waals surface area contributed by atoms with E-state index in [9.17, 15) is 14.0 Å². The highest BCUT2D eigenvalue weighted by molar-refractivity contribution is 5.90. The largest absolute Gasteiger partial charge is 0.340 e. The molecule has 4 fully saturated rings. The van der Waals surface area contributed by atoms with Crippen molar-refractivity contribution in [2.45, 2.75) is 113 Å². The molecule has 1 aromatic carbocycles. The molecule has 5 atom stereocenters. The molecule has 36 heavy (non-hydrogen) atoms. The Labute approximate surface area is 215 Å². The highest BCUT2D eigenvalue weighted by Gasteiger charge is 2.47. The third kappa shape index (κ3) is 5.33. The van der Waals surface area contributed by atoms with Crippen LogP contribution in [0.2, 0.25) is 0 Å². The summed E-state index contributed by atoms with van der Waals surface area (Å²) in [6, 6.07) is 10.1. The molecule has 198 valence electrons. The molecule has 2 N–H and O–H groups in total. The maximum absolute atomic E-state index is 14.0. The smallest absolute Gasteiger partial charge is 0.245 e. The van der Waals surface area contributed by atoms with E-state index in [-0.39, 0.29) is 29.9 Å². The minimum Gasteiger partial charge on any atom is -0.340 e. The summed E-state index contributed by atoms with van der Waals surface area (Å²) in [5, 5.41) is 0. The molecule has 6 nitrogen and oxygen atoms in total. The Morgan fingerprint density at radius 2 is 1.75 bits per heavy atom. The Morgan fingerprint density at radius 3 is 2.50 bits per heavy atom. The van der Waals surface area contributed by atoms with Crippen LogP contribution in [0.5, 0.6) is 0 Å². The number of fused-ring (bicyclic) bond motifs is 1. The lowest BCUT2D eigenvalue weighted by Gasteiger charge is -2.45. The van der Waals surface area contributed by atoms with Crippen molar-refractivity contribution in [3.05, 3.63) is 35.9 Å². The zero-order valence-electron chi connectivity index (χ0n) is 21.7. The Balaban J connectivity index is 1.32. The summed E-state index contributed by atoms with van der Waals surface area (Å²) in [6.45, 7) is 1.48. The lowest BCUT2D eigenvalue weighted by molar-refractivity contribution is -0.147. The van der Waals surface area contributed by atoms with E-state index in [4.69, 9.17) is 5.73 Å². The molecule has 0 radical (unpaired) electrons. The number of nitrogens with zero attached hydrogens (tertiary/aromatic N) is 3. The topological polar surface area (TPSA) is 69.9 Å². The van der Waals surface area contributed by atoms with E-state index in [1.807, 2.05) is 15.9 Å². The number of rotatable bonds is 4. The van der Waals surface area contributed by atoms with Gasteiger partial charge in [0.25, 0.3) is 0 Å². The van der Waals surface area contributed by atoms with Gasteiger partial charge in [-0.05, 0) is 70.4 Å². The van der Waals surface area contributed by atoms with Gasteiger partial charge in [0.2, 0.25) is 11.8 Å². The minimum atomic E-state index is -0.683. The van der Waals surface area contributed by atoms with Gasteiger partial charge in [-0.2, -0.15) is 0 Å². The first-order valence-corrected chi connectivity index (χ1v) is 14.2. The lowest BCUT2D eigenvalue weighted by atomic mass is 9.86. The molecular formula is C29H43FN4O2. The van der Waals surface area contributed by atoms with Gasteiger partial charge >= 0.3 is 0 Å². The highest BCUT2D eigenvalue weighted by atomic mass is 19.1. The molecule has 1 saturated carbocycles. The zero-order valence-corrected chi connectivity index (χ0v) is 21.7. The van der Waals surface area contributed by atoms with Crippen LogP contribution in [0.25, 0.3) is 0 Å². The normalized spacial score (nSPS) is 35.9. The summed E-state index contributed by atoms with van der Waals surface area (Å²) >= 11 is 0. The average Bonchev–Trinajstić information content (AvgIpc) is 3.26. The molecule has 3 heterocycles. The van der Waals surface area contributed by atoms with Crippen molar-refractivity contribution in [1.82, 2.24) is 14.7 Å². The van der Waals surface area contributed by atoms with Gasteiger partial charge in [-0.15, -0.1) is 0 Å². The molecule has 0 bridgehead atoms. The standard InChI is InChI=1S/C29H43FN4O2/c1-32(25-16-22(30)17-25)23-11-13-26(31)28(35)34-24(18-23)12-14-27(34)29(36)33-15-7-3-6-10-21(19-33)20-8-4-2-5-9-20/h2,4-5,8-9,21-27H,3,6-7,10-19,31H2,1H3/t21-,22?,23+,24-,25?,26+,27+/m1/s1. The molecule has 0 spiro atoms. The molecule has 1 aliphatic carbocycles. The Bertz CT molecular complexity index is 908. The SMILES string of the molecule is CN(C1CC(F)C1)[C@H]1CC[C@H](N)C(=O)N2[C@H](CC[C@H]2C(=O)N2CCCCC[C@@H](c3ccccc3)C2)C1. The summed E-state index contributed by atoms with van der Waals surface area (Å²) in [6.07, 6.45) is 8.80. The molecule has 0 aromatic heterocycles. The van der Waals surface area contributed by atoms with E-state index in [1.165, 1.54) is 12.0 Å². The van der Waals surface area contributed by atoms with Crippen LogP contribution in [-0.4, -0.2) is 83.0 Å². The second kappa shape index (κ2) is 11.2. The molecule has 3 aliphatic heterocycles. The molecule has 7 heteroatoms. The molecule has 4 aliphatic rings. The van der Waals surface area contributed by atoms with Gasteiger partial charge in [0, 0.05) is 37.1 Å². The van der Waals surface area contributed by atoms with Gasteiger partial charge in [0.15, 0.2) is 0 Å². The number of carbonyl (C=O) groups is 2. The first-order chi connectivity index (χ1) is 17.4. The van der Waals surface area contributed by atoms with E-state index < -0.39 is 18.3 Å². The minimum absolute atomic E-state index is 0.0335. The van der Waals surface area contributed by atoms with Crippen LogP contribution < -0.4 is 5.73 Å². The monoisotopic (exact) mass is 498 g/mol.